The molecule has 0 aromatic heterocycles. The summed E-state index contributed by atoms with van der Waals surface area (Å²) in [5.74, 6) is 1.13. The third kappa shape index (κ3) is 5.88. The Morgan fingerprint density at radius 2 is 1.81 bits per heavy atom. The number of hydrogen-bond acceptors (Lipinski definition) is 3. The average Bonchev–Trinajstić information content (AvgIpc) is 2.63. The van der Waals surface area contributed by atoms with Gasteiger partial charge in [-0.15, -0.1) is 0 Å². The Bertz CT molecular complexity index is 698. The van der Waals surface area contributed by atoms with Crippen LogP contribution in [0.25, 0.3) is 0 Å². The van der Waals surface area contributed by atoms with Crippen LogP contribution in [0.4, 0.5) is 0 Å². The summed E-state index contributed by atoms with van der Waals surface area (Å²) in [7, 11) is 0. The Balaban J connectivity index is 2.10. The number of benzene rings is 2. The molecule has 1 atom stereocenters. The quantitative estimate of drug-likeness (QED) is 0.706. The van der Waals surface area contributed by atoms with Gasteiger partial charge in [-0.25, -0.2) is 0 Å². The van der Waals surface area contributed by atoms with E-state index in [-0.39, 0.29) is 11.9 Å². The lowest BCUT2D eigenvalue weighted by molar-refractivity contribution is 0.0928. The van der Waals surface area contributed by atoms with Gasteiger partial charge in [0.05, 0.1) is 19.3 Å². The first-order valence-electron chi connectivity index (χ1n) is 9.20. The van der Waals surface area contributed by atoms with E-state index in [4.69, 9.17) is 9.47 Å². The summed E-state index contributed by atoms with van der Waals surface area (Å²) in [6, 6.07) is 15.4. The number of rotatable bonds is 9. The molecular formula is C22H29NO3. The van der Waals surface area contributed by atoms with E-state index in [1.165, 1.54) is 0 Å². The van der Waals surface area contributed by atoms with Gasteiger partial charge in [0.1, 0.15) is 5.75 Å². The molecule has 0 aliphatic heterocycles. The van der Waals surface area contributed by atoms with Gasteiger partial charge >= 0.3 is 0 Å². The van der Waals surface area contributed by atoms with Crippen LogP contribution in [0.2, 0.25) is 0 Å². The summed E-state index contributed by atoms with van der Waals surface area (Å²) in [6.07, 6.45) is 0. The van der Waals surface area contributed by atoms with E-state index in [0.29, 0.717) is 31.3 Å². The lowest BCUT2D eigenvalue weighted by Crippen LogP contribution is -2.26. The molecule has 140 valence electrons. The van der Waals surface area contributed by atoms with Crippen LogP contribution < -0.4 is 10.1 Å². The molecular weight excluding hydrogens is 326 g/mol. The van der Waals surface area contributed by atoms with Crippen LogP contribution in [0, 0.1) is 5.92 Å². The van der Waals surface area contributed by atoms with Crippen molar-refractivity contribution in [3.63, 3.8) is 0 Å². The van der Waals surface area contributed by atoms with Crippen LogP contribution in [0.1, 0.15) is 55.2 Å². The monoisotopic (exact) mass is 355 g/mol. The Morgan fingerprint density at radius 1 is 1.08 bits per heavy atom. The molecule has 0 bridgehead atoms. The molecule has 2 aromatic rings. The van der Waals surface area contributed by atoms with E-state index in [9.17, 15) is 4.79 Å². The van der Waals surface area contributed by atoms with Gasteiger partial charge < -0.3 is 14.8 Å². The smallest absolute Gasteiger partial charge is 0.251 e. The molecule has 2 aromatic carbocycles. The van der Waals surface area contributed by atoms with Gasteiger partial charge in [-0.1, -0.05) is 44.2 Å². The Kier molecular flexibility index (Phi) is 7.67. The minimum absolute atomic E-state index is 0.0593. The van der Waals surface area contributed by atoms with Crippen molar-refractivity contribution in [2.24, 2.45) is 5.92 Å². The summed E-state index contributed by atoms with van der Waals surface area (Å²) >= 11 is 0. The maximum atomic E-state index is 12.6. The highest BCUT2D eigenvalue weighted by atomic mass is 16.5. The molecule has 1 unspecified atom stereocenters. The summed E-state index contributed by atoms with van der Waals surface area (Å²) in [4.78, 5) is 12.6. The number of hydrogen-bond donors (Lipinski definition) is 1. The third-order valence-corrected chi connectivity index (χ3v) is 3.98. The second kappa shape index (κ2) is 9.97. The molecule has 4 heteroatoms. The van der Waals surface area contributed by atoms with Gasteiger partial charge in [0.25, 0.3) is 5.91 Å². The van der Waals surface area contributed by atoms with Crippen LogP contribution >= 0.6 is 0 Å². The van der Waals surface area contributed by atoms with Gasteiger partial charge in [-0.3, -0.25) is 4.79 Å². The van der Waals surface area contributed by atoms with Crippen molar-refractivity contribution in [3.05, 3.63) is 65.2 Å². The highest BCUT2D eigenvalue weighted by molar-refractivity contribution is 5.94. The molecule has 4 nitrogen and oxygen atoms in total. The Morgan fingerprint density at radius 3 is 2.46 bits per heavy atom. The molecule has 0 saturated heterocycles. The molecule has 0 heterocycles. The highest BCUT2D eigenvalue weighted by Gasteiger charge is 2.14. The molecule has 0 aliphatic carbocycles. The zero-order valence-corrected chi connectivity index (χ0v) is 16.1. The predicted molar refractivity (Wildman–Crippen MR) is 104 cm³/mol. The fourth-order valence-electron chi connectivity index (χ4n) is 2.64. The molecule has 0 radical (unpaired) electrons. The minimum Gasteiger partial charge on any atom is -0.494 e. The zero-order valence-electron chi connectivity index (χ0n) is 16.1. The van der Waals surface area contributed by atoms with Crippen molar-refractivity contribution < 1.29 is 14.3 Å². The predicted octanol–water partition coefficient (Wildman–Crippen LogP) is 4.75. The van der Waals surface area contributed by atoms with Gasteiger partial charge in [0.15, 0.2) is 0 Å². The van der Waals surface area contributed by atoms with Crippen molar-refractivity contribution in [1.82, 2.24) is 5.32 Å². The molecule has 26 heavy (non-hydrogen) atoms. The van der Waals surface area contributed by atoms with Gasteiger partial charge in [0, 0.05) is 17.7 Å². The highest BCUT2D eigenvalue weighted by Crippen LogP contribution is 2.22. The number of carbonyl (C=O) groups is 1. The number of ether oxygens (including phenoxy) is 2. The second-order valence-electron chi connectivity index (χ2n) is 6.77. The zero-order chi connectivity index (χ0) is 18.9. The van der Waals surface area contributed by atoms with E-state index >= 15 is 0 Å². The topological polar surface area (TPSA) is 47.6 Å². The molecule has 0 aliphatic rings. The second-order valence-corrected chi connectivity index (χ2v) is 6.77. The summed E-state index contributed by atoms with van der Waals surface area (Å²) in [5, 5.41) is 3.04. The number of carbonyl (C=O) groups excluding carboxylic acids is 1. The summed E-state index contributed by atoms with van der Waals surface area (Å²) in [5.41, 5.74) is 2.58. The fourth-order valence-corrected chi connectivity index (χ4v) is 2.64. The standard InChI is InChI=1S/C22H29NO3/c1-5-26-21-12-11-19(13-20(21)15-25-14-16(2)3)22(24)23-17(4)18-9-7-6-8-10-18/h6-13,16-17H,5,14-15H2,1-4H3,(H,23,24). The van der Waals surface area contributed by atoms with Gasteiger partial charge in [-0.05, 0) is 43.5 Å². The summed E-state index contributed by atoms with van der Waals surface area (Å²) in [6.45, 7) is 9.83. The van der Waals surface area contributed by atoms with E-state index in [2.05, 4.69) is 19.2 Å². The van der Waals surface area contributed by atoms with Crippen LogP contribution in [0.3, 0.4) is 0 Å². The Hall–Kier alpha value is -2.33. The van der Waals surface area contributed by atoms with Crippen LogP contribution in [0.15, 0.2) is 48.5 Å². The normalized spacial score (nSPS) is 12.0. The van der Waals surface area contributed by atoms with E-state index in [1.54, 1.807) is 6.07 Å². The van der Waals surface area contributed by atoms with E-state index < -0.39 is 0 Å². The third-order valence-electron chi connectivity index (χ3n) is 3.98. The first kappa shape index (κ1) is 20.0. The van der Waals surface area contributed by atoms with Crippen LogP contribution in [-0.4, -0.2) is 19.1 Å². The lowest BCUT2D eigenvalue weighted by atomic mass is 10.1. The first-order chi connectivity index (χ1) is 12.5. The maximum absolute atomic E-state index is 12.6. The van der Waals surface area contributed by atoms with Crippen LogP contribution in [-0.2, 0) is 11.3 Å². The molecule has 0 spiro atoms. The molecule has 1 N–H and O–H groups in total. The van der Waals surface area contributed by atoms with Gasteiger partial charge in [-0.2, -0.15) is 0 Å². The van der Waals surface area contributed by atoms with Crippen molar-refractivity contribution in [3.8, 4) is 5.75 Å². The largest absolute Gasteiger partial charge is 0.494 e. The van der Waals surface area contributed by atoms with Crippen molar-refractivity contribution in [2.75, 3.05) is 13.2 Å². The molecule has 1 amide bonds. The van der Waals surface area contributed by atoms with Gasteiger partial charge in [0.2, 0.25) is 0 Å². The van der Waals surface area contributed by atoms with Crippen LogP contribution in [0.5, 0.6) is 5.75 Å². The van der Waals surface area contributed by atoms with Crippen molar-refractivity contribution >= 4 is 5.91 Å². The SMILES string of the molecule is CCOc1ccc(C(=O)NC(C)c2ccccc2)cc1COCC(C)C. The van der Waals surface area contributed by atoms with E-state index in [0.717, 1.165) is 16.9 Å². The maximum Gasteiger partial charge on any atom is 0.251 e. The van der Waals surface area contributed by atoms with Crippen molar-refractivity contribution in [1.29, 1.82) is 0 Å². The minimum atomic E-state index is -0.102. The molecule has 2 rings (SSSR count). The molecule has 0 fully saturated rings. The molecule has 0 saturated carbocycles. The number of nitrogens with one attached hydrogen (secondary N) is 1. The number of amides is 1. The average molecular weight is 355 g/mol. The fraction of sp³-hybridized carbons (Fsp3) is 0.409. The van der Waals surface area contributed by atoms with Crippen molar-refractivity contribution in [2.45, 2.75) is 40.3 Å². The van der Waals surface area contributed by atoms with E-state index in [1.807, 2.05) is 56.3 Å². The Labute approximate surface area is 156 Å². The first-order valence-corrected chi connectivity index (χ1v) is 9.20. The summed E-state index contributed by atoms with van der Waals surface area (Å²) < 4.78 is 11.4. The lowest BCUT2D eigenvalue weighted by Gasteiger charge is -2.16.